The SMILES string of the molecule is CCCNC1CC(C)(C)Cc2nc(C(C)(C)C)ncc21. The van der Waals surface area contributed by atoms with Crippen LogP contribution in [0.3, 0.4) is 0 Å². The molecule has 112 valence electrons. The Morgan fingerprint density at radius 3 is 2.65 bits per heavy atom. The molecule has 1 aliphatic rings. The predicted octanol–water partition coefficient (Wildman–Crippen LogP) is 3.79. The first-order valence-corrected chi connectivity index (χ1v) is 7.82. The highest BCUT2D eigenvalue weighted by Crippen LogP contribution is 2.40. The summed E-state index contributed by atoms with van der Waals surface area (Å²) in [6.45, 7) is 14.5. The first-order valence-electron chi connectivity index (χ1n) is 7.82. The Bertz CT molecular complexity index is 472. The Balaban J connectivity index is 2.36. The quantitative estimate of drug-likeness (QED) is 0.912. The van der Waals surface area contributed by atoms with Crippen LogP contribution in [0, 0.1) is 5.41 Å². The van der Waals surface area contributed by atoms with Crippen LogP contribution in [0.2, 0.25) is 0 Å². The van der Waals surface area contributed by atoms with E-state index in [0.717, 1.165) is 31.6 Å². The van der Waals surface area contributed by atoms with Crippen molar-refractivity contribution in [1.82, 2.24) is 15.3 Å². The molecule has 0 radical (unpaired) electrons. The van der Waals surface area contributed by atoms with Crippen molar-refractivity contribution in [3.05, 3.63) is 23.3 Å². The van der Waals surface area contributed by atoms with E-state index in [2.05, 4.69) is 58.0 Å². The van der Waals surface area contributed by atoms with Gasteiger partial charge in [-0.15, -0.1) is 0 Å². The van der Waals surface area contributed by atoms with Crippen molar-refractivity contribution in [3.8, 4) is 0 Å². The second-order valence-corrected chi connectivity index (χ2v) is 7.90. The highest BCUT2D eigenvalue weighted by Gasteiger charge is 2.34. The fraction of sp³-hybridized carbons (Fsp3) is 0.765. The summed E-state index contributed by atoms with van der Waals surface area (Å²) in [5.74, 6) is 0.961. The zero-order chi connectivity index (χ0) is 15.0. The molecule has 3 nitrogen and oxygen atoms in total. The first kappa shape index (κ1) is 15.4. The third kappa shape index (κ3) is 3.38. The Morgan fingerprint density at radius 1 is 1.35 bits per heavy atom. The van der Waals surface area contributed by atoms with Gasteiger partial charge in [-0.25, -0.2) is 9.97 Å². The molecule has 20 heavy (non-hydrogen) atoms. The lowest BCUT2D eigenvalue weighted by Gasteiger charge is -2.37. The van der Waals surface area contributed by atoms with Gasteiger partial charge in [-0.1, -0.05) is 41.5 Å². The van der Waals surface area contributed by atoms with Gasteiger partial charge in [0, 0.05) is 28.9 Å². The van der Waals surface area contributed by atoms with Crippen LogP contribution in [0.1, 0.15) is 77.5 Å². The molecule has 1 atom stereocenters. The second kappa shape index (κ2) is 5.44. The largest absolute Gasteiger partial charge is 0.310 e. The third-order valence-electron chi connectivity index (χ3n) is 3.99. The highest BCUT2D eigenvalue weighted by molar-refractivity contribution is 5.27. The molecular weight excluding hydrogens is 246 g/mol. The average molecular weight is 275 g/mol. The molecule has 1 aromatic rings. The van der Waals surface area contributed by atoms with Gasteiger partial charge in [0.25, 0.3) is 0 Å². The summed E-state index contributed by atoms with van der Waals surface area (Å²) < 4.78 is 0. The molecule has 0 spiro atoms. The summed E-state index contributed by atoms with van der Waals surface area (Å²) in [7, 11) is 0. The van der Waals surface area contributed by atoms with Gasteiger partial charge in [0.15, 0.2) is 0 Å². The number of nitrogens with zero attached hydrogens (tertiary/aromatic N) is 2. The summed E-state index contributed by atoms with van der Waals surface area (Å²) in [6.07, 6.45) is 5.44. The standard InChI is InChI=1S/C17H29N3/c1-7-8-18-13-9-17(5,6)10-14-12(13)11-19-15(20-14)16(2,3)4/h11,13,18H,7-10H2,1-6H3. The highest BCUT2D eigenvalue weighted by atomic mass is 15.0. The van der Waals surface area contributed by atoms with Crippen LogP contribution in [-0.2, 0) is 11.8 Å². The fourth-order valence-corrected chi connectivity index (χ4v) is 2.91. The molecule has 0 saturated heterocycles. The maximum Gasteiger partial charge on any atom is 0.133 e. The van der Waals surface area contributed by atoms with E-state index in [1.54, 1.807) is 0 Å². The molecule has 0 aromatic carbocycles. The molecule has 1 heterocycles. The molecule has 3 heteroatoms. The topological polar surface area (TPSA) is 37.8 Å². The summed E-state index contributed by atoms with van der Waals surface area (Å²) in [5, 5.41) is 3.66. The van der Waals surface area contributed by atoms with Gasteiger partial charge in [0.2, 0.25) is 0 Å². The molecule has 1 aromatic heterocycles. The van der Waals surface area contributed by atoms with Crippen molar-refractivity contribution in [3.63, 3.8) is 0 Å². The van der Waals surface area contributed by atoms with E-state index < -0.39 is 0 Å². The van der Waals surface area contributed by atoms with Crippen LogP contribution in [-0.4, -0.2) is 16.5 Å². The molecule has 1 aliphatic carbocycles. The van der Waals surface area contributed by atoms with Gasteiger partial charge in [-0.05, 0) is 31.2 Å². The van der Waals surface area contributed by atoms with Gasteiger partial charge >= 0.3 is 0 Å². The van der Waals surface area contributed by atoms with Gasteiger partial charge in [-0.2, -0.15) is 0 Å². The fourth-order valence-electron chi connectivity index (χ4n) is 2.91. The van der Waals surface area contributed by atoms with E-state index in [9.17, 15) is 0 Å². The third-order valence-corrected chi connectivity index (χ3v) is 3.99. The number of nitrogens with one attached hydrogen (secondary N) is 1. The van der Waals surface area contributed by atoms with E-state index in [0.29, 0.717) is 11.5 Å². The average Bonchev–Trinajstić information content (AvgIpc) is 2.32. The van der Waals surface area contributed by atoms with Crippen LogP contribution in [0.5, 0.6) is 0 Å². The van der Waals surface area contributed by atoms with Crippen LogP contribution in [0.15, 0.2) is 6.20 Å². The van der Waals surface area contributed by atoms with Crippen LogP contribution < -0.4 is 5.32 Å². The van der Waals surface area contributed by atoms with Crippen LogP contribution >= 0.6 is 0 Å². The molecule has 1 unspecified atom stereocenters. The molecule has 0 aliphatic heterocycles. The maximum absolute atomic E-state index is 4.89. The number of hydrogen-bond donors (Lipinski definition) is 1. The number of fused-ring (bicyclic) bond motifs is 1. The van der Waals surface area contributed by atoms with Crippen molar-refractivity contribution in [2.45, 2.75) is 72.3 Å². The zero-order valence-electron chi connectivity index (χ0n) is 13.9. The maximum atomic E-state index is 4.89. The monoisotopic (exact) mass is 275 g/mol. The summed E-state index contributed by atoms with van der Waals surface area (Å²) in [6, 6.07) is 0.405. The van der Waals surface area contributed by atoms with Gasteiger partial charge in [0.05, 0.1) is 0 Å². The number of rotatable bonds is 3. The van der Waals surface area contributed by atoms with E-state index in [-0.39, 0.29) is 5.41 Å². The van der Waals surface area contributed by atoms with Crippen molar-refractivity contribution < 1.29 is 0 Å². The number of hydrogen-bond acceptors (Lipinski definition) is 3. The minimum absolute atomic E-state index is 0.0168. The van der Waals surface area contributed by atoms with Gasteiger partial charge in [-0.3, -0.25) is 0 Å². The number of aromatic nitrogens is 2. The van der Waals surface area contributed by atoms with Gasteiger partial charge in [0.1, 0.15) is 5.82 Å². The molecule has 1 N–H and O–H groups in total. The zero-order valence-corrected chi connectivity index (χ0v) is 13.9. The molecule has 0 saturated carbocycles. The van der Waals surface area contributed by atoms with Crippen LogP contribution in [0.4, 0.5) is 0 Å². The predicted molar refractivity (Wildman–Crippen MR) is 83.9 cm³/mol. The molecule has 0 fully saturated rings. The van der Waals surface area contributed by atoms with E-state index >= 15 is 0 Å². The minimum atomic E-state index is 0.0168. The summed E-state index contributed by atoms with van der Waals surface area (Å²) in [5.41, 5.74) is 2.88. The van der Waals surface area contributed by atoms with Crippen molar-refractivity contribution in [2.24, 2.45) is 5.41 Å². The Hall–Kier alpha value is -0.960. The Labute approximate surface area is 123 Å². The molecule has 0 amide bonds. The first-order chi connectivity index (χ1) is 9.23. The van der Waals surface area contributed by atoms with Gasteiger partial charge < -0.3 is 5.32 Å². The molecule has 0 bridgehead atoms. The van der Waals surface area contributed by atoms with Crippen molar-refractivity contribution >= 4 is 0 Å². The van der Waals surface area contributed by atoms with E-state index in [4.69, 9.17) is 4.98 Å². The lowest BCUT2D eigenvalue weighted by molar-refractivity contribution is 0.252. The Kier molecular flexibility index (Phi) is 4.19. The van der Waals surface area contributed by atoms with Crippen molar-refractivity contribution in [2.75, 3.05) is 6.54 Å². The summed E-state index contributed by atoms with van der Waals surface area (Å²) >= 11 is 0. The lowest BCUT2D eigenvalue weighted by atomic mass is 9.74. The van der Waals surface area contributed by atoms with Crippen LogP contribution in [0.25, 0.3) is 0 Å². The lowest BCUT2D eigenvalue weighted by Crippen LogP contribution is -2.35. The summed E-state index contributed by atoms with van der Waals surface area (Å²) in [4.78, 5) is 9.51. The minimum Gasteiger partial charge on any atom is -0.310 e. The smallest absolute Gasteiger partial charge is 0.133 e. The second-order valence-electron chi connectivity index (χ2n) is 7.90. The van der Waals surface area contributed by atoms with Crippen molar-refractivity contribution in [1.29, 1.82) is 0 Å². The van der Waals surface area contributed by atoms with E-state index in [1.165, 1.54) is 11.3 Å². The molecular formula is C17H29N3. The Morgan fingerprint density at radius 2 is 2.05 bits per heavy atom. The van der Waals surface area contributed by atoms with E-state index in [1.807, 2.05) is 0 Å². The normalized spacial score (nSPS) is 21.6. The molecule has 2 rings (SSSR count).